The van der Waals surface area contributed by atoms with Crippen LogP contribution >= 0.6 is 0 Å². The number of rotatable bonds is 5. The van der Waals surface area contributed by atoms with E-state index in [-0.39, 0.29) is 5.91 Å². The Morgan fingerprint density at radius 2 is 2.00 bits per heavy atom. The normalized spacial score (nSPS) is 11.0. The lowest BCUT2D eigenvalue weighted by atomic mass is 10.1. The van der Waals surface area contributed by atoms with Crippen molar-refractivity contribution in [2.45, 2.75) is 6.42 Å². The van der Waals surface area contributed by atoms with Crippen molar-refractivity contribution in [3.8, 4) is 0 Å². The summed E-state index contributed by atoms with van der Waals surface area (Å²) in [6, 6.07) is 15.4. The summed E-state index contributed by atoms with van der Waals surface area (Å²) in [5.41, 5.74) is 4.00. The monoisotopic (exact) mass is 346 g/mol. The summed E-state index contributed by atoms with van der Waals surface area (Å²) < 4.78 is 5.91. The fraction of sp³-hybridized carbons (Fsp3) is 0.150. The minimum atomic E-state index is -0.0837. The molecule has 0 aliphatic carbocycles. The molecule has 0 fully saturated rings. The van der Waals surface area contributed by atoms with Gasteiger partial charge in [-0.15, -0.1) is 0 Å². The highest BCUT2D eigenvalue weighted by atomic mass is 16.3. The number of benzene rings is 2. The molecule has 130 valence electrons. The van der Waals surface area contributed by atoms with Gasteiger partial charge in [-0.3, -0.25) is 4.79 Å². The first-order valence-corrected chi connectivity index (χ1v) is 8.43. The van der Waals surface area contributed by atoms with Crippen LogP contribution < -0.4 is 10.6 Å². The Balaban J connectivity index is 1.53. The quantitative estimate of drug-likeness (QED) is 0.579. The van der Waals surface area contributed by atoms with E-state index in [1.165, 1.54) is 0 Å². The van der Waals surface area contributed by atoms with E-state index in [1.807, 2.05) is 42.5 Å². The van der Waals surface area contributed by atoms with Gasteiger partial charge in [0, 0.05) is 24.5 Å². The van der Waals surface area contributed by atoms with E-state index in [0.717, 1.165) is 28.5 Å². The van der Waals surface area contributed by atoms with Crippen LogP contribution in [0.1, 0.15) is 15.9 Å². The number of carbonyl (C=O) groups is 1. The van der Waals surface area contributed by atoms with Gasteiger partial charge in [-0.05, 0) is 36.2 Å². The van der Waals surface area contributed by atoms with Crippen LogP contribution in [0.3, 0.4) is 0 Å². The molecule has 0 atom stereocenters. The lowest BCUT2D eigenvalue weighted by Crippen LogP contribution is -2.18. The van der Waals surface area contributed by atoms with Crippen LogP contribution in [-0.2, 0) is 6.42 Å². The number of nitrogens with zero attached hydrogens (tertiary/aromatic N) is 2. The minimum absolute atomic E-state index is 0.0837. The zero-order valence-corrected chi connectivity index (χ0v) is 14.3. The Morgan fingerprint density at radius 3 is 2.88 bits per heavy atom. The fourth-order valence-corrected chi connectivity index (χ4v) is 2.99. The van der Waals surface area contributed by atoms with Gasteiger partial charge in [-0.2, -0.15) is 0 Å². The average Bonchev–Trinajstić information content (AvgIpc) is 3.07. The van der Waals surface area contributed by atoms with Crippen LogP contribution in [0, 0.1) is 0 Å². The van der Waals surface area contributed by atoms with Gasteiger partial charge in [0.2, 0.25) is 0 Å². The van der Waals surface area contributed by atoms with Crippen molar-refractivity contribution >= 4 is 33.8 Å². The highest BCUT2D eigenvalue weighted by Gasteiger charge is 2.12. The molecule has 0 bridgehead atoms. The number of para-hydroxylation sites is 1. The number of carbonyl (C=O) groups excluding carboxylic acids is 1. The van der Waals surface area contributed by atoms with Crippen LogP contribution in [0.4, 0.5) is 5.82 Å². The largest absolute Gasteiger partial charge is 0.450 e. The van der Waals surface area contributed by atoms with Crippen molar-refractivity contribution in [3.63, 3.8) is 0 Å². The standard InChI is InChI=1S/C20H18N4O2/c1-21-20(25)14-6-4-5-13(11-14)9-10-22-19-18-17(23-12-24-19)15-7-2-3-8-16(15)26-18/h2-8,11-12H,9-10H2,1H3,(H,21,25)(H,22,23,24). The Morgan fingerprint density at radius 1 is 1.12 bits per heavy atom. The van der Waals surface area contributed by atoms with Gasteiger partial charge in [0.15, 0.2) is 11.4 Å². The second kappa shape index (κ2) is 6.84. The molecular weight excluding hydrogens is 328 g/mol. The molecule has 0 unspecified atom stereocenters. The zero-order chi connectivity index (χ0) is 17.9. The molecule has 2 heterocycles. The molecular formula is C20H18N4O2. The number of hydrogen-bond donors (Lipinski definition) is 2. The second-order valence-electron chi connectivity index (χ2n) is 5.95. The van der Waals surface area contributed by atoms with E-state index in [2.05, 4.69) is 20.6 Å². The van der Waals surface area contributed by atoms with E-state index in [4.69, 9.17) is 4.42 Å². The number of amides is 1. The molecule has 0 aliphatic heterocycles. The van der Waals surface area contributed by atoms with Gasteiger partial charge in [0.05, 0.1) is 0 Å². The van der Waals surface area contributed by atoms with E-state index in [9.17, 15) is 4.79 Å². The van der Waals surface area contributed by atoms with E-state index >= 15 is 0 Å². The van der Waals surface area contributed by atoms with Crippen molar-refractivity contribution in [2.75, 3.05) is 18.9 Å². The lowest BCUT2D eigenvalue weighted by Gasteiger charge is -2.07. The Hall–Kier alpha value is -3.41. The van der Waals surface area contributed by atoms with Crippen molar-refractivity contribution < 1.29 is 9.21 Å². The number of nitrogens with one attached hydrogen (secondary N) is 2. The SMILES string of the molecule is CNC(=O)c1cccc(CCNc2ncnc3c2oc2ccccc23)c1. The summed E-state index contributed by atoms with van der Waals surface area (Å²) in [5.74, 6) is 0.591. The summed E-state index contributed by atoms with van der Waals surface area (Å²) in [4.78, 5) is 20.4. The third-order valence-corrected chi connectivity index (χ3v) is 4.28. The van der Waals surface area contributed by atoms with Crippen molar-refractivity contribution in [2.24, 2.45) is 0 Å². The summed E-state index contributed by atoms with van der Waals surface area (Å²) in [6.45, 7) is 0.667. The molecule has 0 saturated carbocycles. The molecule has 2 N–H and O–H groups in total. The molecule has 26 heavy (non-hydrogen) atoms. The summed E-state index contributed by atoms with van der Waals surface area (Å²) >= 11 is 0. The lowest BCUT2D eigenvalue weighted by molar-refractivity contribution is 0.0963. The zero-order valence-electron chi connectivity index (χ0n) is 14.3. The smallest absolute Gasteiger partial charge is 0.251 e. The number of fused-ring (bicyclic) bond motifs is 3. The predicted octanol–water partition coefficient (Wildman–Crippen LogP) is 3.39. The molecule has 2 aromatic carbocycles. The van der Waals surface area contributed by atoms with Crippen molar-refractivity contribution in [1.82, 2.24) is 15.3 Å². The molecule has 0 aliphatic rings. The molecule has 0 radical (unpaired) electrons. The molecule has 4 rings (SSSR count). The third-order valence-electron chi connectivity index (χ3n) is 4.28. The number of anilines is 1. The topological polar surface area (TPSA) is 80.0 Å². The van der Waals surface area contributed by atoms with Crippen LogP contribution in [-0.4, -0.2) is 29.5 Å². The van der Waals surface area contributed by atoms with E-state index in [0.29, 0.717) is 23.5 Å². The molecule has 6 nitrogen and oxygen atoms in total. The Bertz CT molecular complexity index is 1090. The van der Waals surface area contributed by atoms with Crippen molar-refractivity contribution in [3.05, 3.63) is 66.0 Å². The molecule has 0 spiro atoms. The third kappa shape index (κ3) is 2.97. The molecule has 6 heteroatoms. The highest BCUT2D eigenvalue weighted by Crippen LogP contribution is 2.30. The van der Waals surface area contributed by atoms with Crippen LogP contribution in [0.25, 0.3) is 22.1 Å². The van der Waals surface area contributed by atoms with Crippen LogP contribution in [0.5, 0.6) is 0 Å². The number of hydrogen-bond acceptors (Lipinski definition) is 5. The predicted molar refractivity (Wildman–Crippen MR) is 101 cm³/mol. The van der Waals surface area contributed by atoms with Gasteiger partial charge < -0.3 is 15.1 Å². The molecule has 0 saturated heterocycles. The Labute approximate surface area is 150 Å². The van der Waals surface area contributed by atoms with Gasteiger partial charge in [-0.25, -0.2) is 9.97 Å². The Kier molecular flexibility index (Phi) is 4.23. The maximum absolute atomic E-state index is 11.7. The molecule has 2 aromatic heterocycles. The maximum atomic E-state index is 11.7. The van der Waals surface area contributed by atoms with E-state index in [1.54, 1.807) is 19.4 Å². The van der Waals surface area contributed by atoms with Crippen LogP contribution in [0.2, 0.25) is 0 Å². The summed E-state index contributed by atoms with van der Waals surface area (Å²) in [5, 5.41) is 6.93. The van der Waals surface area contributed by atoms with Gasteiger partial charge >= 0.3 is 0 Å². The average molecular weight is 346 g/mol. The van der Waals surface area contributed by atoms with Gasteiger partial charge in [0.1, 0.15) is 17.4 Å². The van der Waals surface area contributed by atoms with Crippen LogP contribution in [0.15, 0.2) is 59.3 Å². The maximum Gasteiger partial charge on any atom is 0.251 e. The minimum Gasteiger partial charge on any atom is -0.450 e. The second-order valence-corrected chi connectivity index (χ2v) is 5.95. The van der Waals surface area contributed by atoms with E-state index < -0.39 is 0 Å². The summed E-state index contributed by atoms with van der Waals surface area (Å²) in [7, 11) is 1.63. The first-order valence-electron chi connectivity index (χ1n) is 8.43. The molecule has 1 amide bonds. The number of furan rings is 1. The first kappa shape index (κ1) is 16.1. The number of aromatic nitrogens is 2. The summed E-state index contributed by atoms with van der Waals surface area (Å²) in [6.07, 6.45) is 2.30. The van der Waals surface area contributed by atoms with Crippen molar-refractivity contribution in [1.29, 1.82) is 0 Å². The fourth-order valence-electron chi connectivity index (χ4n) is 2.99. The van der Waals surface area contributed by atoms with Gasteiger partial charge in [-0.1, -0.05) is 24.3 Å². The highest BCUT2D eigenvalue weighted by molar-refractivity contribution is 6.05. The van der Waals surface area contributed by atoms with Gasteiger partial charge in [0.25, 0.3) is 5.91 Å². The first-order chi connectivity index (χ1) is 12.8. The molecule has 4 aromatic rings.